The smallest absolute Gasteiger partial charge is 0.225 e. The van der Waals surface area contributed by atoms with Crippen molar-refractivity contribution in [3.63, 3.8) is 0 Å². The quantitative estimate of drug-likeness (QED) is 0.919. The van der Waals surface area contributed by atoms with Crippen molar-refractivity contribution >= 4 is 5.91 Å². The normalized spacial score (nSPS) is 22.6. The van der Waals surface area contributed by atoms with E-state index in [9.17, 15) is 9.18 Å². The first-order valence-electron chi connectivity index (χ1n) is 7.31. The Morgan fingerprint density at radius 3 is 2.70 bits per heavy atom. The first kappa shape index (κ1) is 15.0. The monoisotopic (exact) mass is 278 g/mol. The molecule has 2 atom stereocenters. The Morgan fingerprint density at radius 1 is 1.35 bits per heavy atom. The zero-order valence-electron chi connectivity index (χ0n) is 12.0. The van der Waals surface area contributed by atoms with Gasteiger partial charge >= 0.3 is 0 Å². The fourth-order valence-electron chi connectivity index (χ4n) is 2.82. The van der Waals surface area contributed by atoms with Crippen molar-refractivity contribution in [1.29, 1.82) is 0 Å². The molecule has 0 radical (unpaired) electrons. The number of rotatable bonds is 4. The van der Waals surface area contributed by atoms with Gasteiger partial charge in [0.25, 0.3) is 0 Å². The Balaban J connectivity index is 1.83. The van der Waals surface area contributed by atoms with Gasteiger partial charge in [0.05, 0.1) is 0 Å². The van der Waals surface area contributed by atoms with Crippen molar-refractivity contribution in [1.82, 2.24) is 4.90 Å². The molecule has 0 saturated heterocycles. The summed E-state index contributed by atoms with van der Waals surface area (Å²) in [6.07, 6.45) is 4.58. The van der Waals surface area contributed by atoms with Crippen LogP contribution in [0.1, 0.15) is 31.2 Å². The van der Waals surface area contributed by atoms with Crippen LogP contribution in [0.4, 0.5) is 4.39 Å². The predicted octanol–water partition coefficient (Wildman–Crippen LogP) is 2.34. The minimum absolute atomic E-state index is 0.0805. The maximum absolute atomic E-state index is 12.8. The summed E-state index contributed by atoms with van der Waals surface area (Å²) in [6, 6.07) is 6.62. The van der Waals surface area contributed by atoms with Crippen LogP contribution >= 0.6 is 0 Å². The van der Waals surface area contributed by atoms with Gasteiger partial charge in [0.15, 0.2) is 0 Å². The van der Waals surface area contributed by atoms with Gasteiger partial charge < -0.3 is 10.6 Å². The Hall–Kier alpha value is -1.42. The zero-order chi connectivity index (χ0) is 14.5. The number of likely N-dealkylation sites (N-methyl/N-ethyl adjacent to an activating group) is 1. The van der Waals surface area contributed by atoms with Crippen LogP contribution in [0.2, 0.25) is 0 Å². The maximum Gasteiger partial charge on any atom is 0.225 e. The third kappa shape index (κ3) is 4.04. The van der Waals surface area contributed by atoms with Crippen LogP contribution in [-0.2, 0) is 11.2 Å². The molecule has 0 aromatic heterocycles. The van der Waals surface area contributed by atoms with E-state index in [1.165, 1.54) is 12.1 Å². The van der Waals surface area contributed by atoms with Gasteiger partial charge in [-0.1, -0.05) is 18.6 Å². The average molecular weight is 278 g/mol. The first-order valence-corrected chi connectivity index (χ1v) is 7.31. The topological polar surface area (TPSA) is 46.3 Å². The van der Waals surface area contributed by atoms with Crippen LogP contribution in [-0.4, -0.2) is 30.4 Å². The van der Waals surface area contributed by atoms with E-state index in [4.69, 9.17) is 5.73 Å². The van der Waals surface area contributed by atoms with Gasteiger partial charge in [0.2, 0.25) is 5.91 Å². The lowest BCUT2D eigenvalue weighted by Crippen LogP contribution is -2.39. The molecule has 20 heavy (non-hydrogen) atoms. The summed E-state index contributed by atoms with van der Waals surface area (Å²) in [5.41, 5.74) is 6.98. The number of benzene rings is 1. The number of hydrogen-bond donors (Lipinski definition) is 1. The van der Waals surface area contributed by atoms with Crippen LogP contribution in [0.5, 0.6) is 0 Å². The van der Waals surface area contributed by atoms with E-state index < -0.39 is 0 Å². The number of nitrogens with zero attached hydrogens (tertiary/aromatic N) is 1. The molecular weight excluding hydrogens is 255 g/mol. The Kier molecular flexibility index (Phi) is 5.12. The van der Waals surface area contributed by atoms with Crippen LogP contribution in [0.15, 0.2) is 24.3 Å². The summed E-state index contributed by atoms with van der Waals surface area (Å²) in [5, 5.41) is 0. The molecule has 1 fully saturated rings. The third-order valence-corrected chi connectivity index (χ3v) is 4.09. The fraction of sp³-hybridized carbons (Fsp3) is 0.562. The van der Waals surface area contributed by atoms with Gasteiger partial charge in [0, 0.05) is 25.6 Å². The zero-order valence-corrected chi connectivity index (χ0v) is 12.0. The molecule has 2 N–H and O–H groups in total. The molecule has 0 aliphatic heterocycles. The van der Waals surface area contributed by atoms with E-state index in [0.717, 1.165) is 37.7 Å². The lowest BCUT2D eigenvalue weighted by Gasteiger charge is -2.29. The van der Waals surface area contributed by atoms with Crippen molar-refractivity contribution in [2.75, 3.05) is 13.6 Å². The highest BCUT2D eigenvalue weighted by Crippen LogP contribution is 2.24. The predicted molar refractivity (Wildman–Crippen MR) is 77.7 cm³/mol. The molecule has 0 spiro atoms. The average Bonchev–Trinajstić information content (AvgIpc) is 2.45. The molecule has 2 rings (SSSR count). The van der Waals surface area contributed by atoms with Crippen LogP contribution in [0, 0.1) is 11.7 Å². The second-order valence-corrected chi connectivity index (χ2v) is 5.76. The minimum Gasteiger partial charge on any atom is -0.345 e. The molecule has 1 aromatic rings. The van der Waals surface area contributed by atoms with E-state index in [1.54, 1.807) is 17.0 Å². The van der Waals surface area contributed by atoms with E-state index in [1.807, 2.05) is 7.05 Å². The number of amides is 1. The van der Waals surface area contributed by atoms with Gasteiger partial charge in [-0.25, -0.2) is 4.39 Å². The van der Waals surface area contributed by atoms with Gasteiger partial charge in [-0.15, -0.1) is 0 Å². The number of carbonyl (C=O) groups is 1. The van der Waals surface area contributed by atoms with E-state index in [2.05, 4.69) is 0 Å². The summed E-state index contributed by atoms with van der Waals surface area (Å²) in [5.74, 6) is 0.0496. The molecule has 1 amide bonds. The molecule has 1 aromatic carbocycles. The number of carbonyl (C=O) groups excluding carboxylic acids is 1. The van der Waals surface area contributed by atoms with Crippen molar-refractivity contribution < 1.29 is 9.18 Å². The van der Waals surface area contributed by atoms with Crippen LogP contribution in [0.3, 0.4) is 0 Å². The molecule has 1 aliphatic rings. The van der Waals surface area contributed by atoms with Crippen molar-refractivity contribution in [3.05, 3.63) is 35.6 Å². The molecule has 1 saturated carbocycles. The SMILES string of the molecule is CN(CCc1ccc(F)cc1)C(=O)C1CCCC(N)C1. The van der Waals surface area contributed by atoms with E-state index in [-0.39, 0.29) is 23.7 Å². The van der Waals surface area contributed by atoms with Crippen LogP contribution < -0.4 is 5.73 Å². The largest absolute Gasteiger partial charge is 0.345 e. The highest BCUT2D eigenvalue weighted by Gasteiger charge is 2.27. The van der Waals surface area contributed by atoms with Crippen molar-refractivity contribution in [2.45, 2.75) is 38.1 Å². The molecular formula is C16H23FN2O. The Bertz CT molecular complexity index is 446. The minimum atomic E-state index is -0.227. The van der Waals surface area contributed by atoms with Crippen molar-refractivity contribution in [3.8, 4) is 0 Å². The summed E-state index contributed by atoms with van der Waals surface area (Å²) in [6.45, 7) is 0.663. The Morgan fingerprint density at radius 2 is 2.05 bits per heavy atom. The fourth-order valence-corrected chi connectivity index (χ4v) is 2.82. The maximum atomic E-state index is 12.8. The van der Waals surface area contributed by atoms with Gasteiger partial charge in [-0.3, -0.25) is 4.79 Å². The summed E-state index contributed by atoms with van der Waals surface area (Å²) < 4.78 is 12.8. The van der Waals surface area contributed by atoms with Gasteiger partial charge in [-0.2, -0.15) is 0 Å². The lowest BCUT2D eigenvalue weighted by molar-refractivity contribution is -0.135. The molecule has 4 heteroatoms. The second-order valence-electron chi connectivity index (χ2n) is 5.76. The molecule has 2 unspecified atom stereocenters. The molecule has 1 aliphatic carbocycles. The summed E-state index contributed by atoms with van der Waals surface area (Å²) in [4.78, 5) is 14.1. The summed E-state index contributed by atoms with van der Waals surface area (Å²) >= 11 is 0. The summed E-state index contributed by atoms with van der Waals surface area (Å²) in [7, 11) is 1.84. The third-order valence-electron chi connectivity index (χ3n) is 4.09. The standard InChI is InChI=1S/C16H23FN2O/c1-19(10-9-12-5-7-14(17)8-6-12)16(20)13-3-2-4-15(18)11-13/h5-8,13,15H,2-4,9-11,18H2,1H3. The number of halogens is 1. The molecule has 110 valence electrons. The van der Waals surface area contributed by atoms with Gasteiger partial charge in [-0.05, 0) is 43.4 Å². The lowest BCUT2D eigenvalue weighted by atomic mass is 9.85. The van der Waals surface area contributed by atoms with E-state index >= 15 is 0 Å². The number of hydrogen-bond acceptors (Lipinski definition) is 2. The van der Waals surface area contributed by atoms with E-state index in [0.29, 0.717) is 6.54 Å². The molecule has 0 heterocycles. The second kappa shape index (κ2) is 6.84. The molecule has 3 nitrogen and oxygen atoms in total. The Labute approximate surface area is 120 Å². The molecule has 0 bridgehead atoms. The first-order chi connectivity index (χ1) is 9.56. The highest BCUT2D eigenvalue weighted by molar-refractivity contribution is 5.78. The van der Waals surface area contributed by atoms with Gasteiger partial charge in [0.1, 0.15) is 5.82 Å². The highest BCUT2D eigenvalue weighted by atomic mass is 19.1. The van der Waals surface area contributed by atoms with Crippen molar-refractivity contribution in [2.24, 2.45) is 11.7 Å². The number of nitrogens with two attached hydrogens (primary N) is 1. The van der Waals surface area contributed by atoms with Crippen LogP contribution in [0.25, 0.3) is 0 Å².